The van der Waals surface area contributed by atoms with Crippen LogP contribution in [0.3, 0.4) is 0 Å². The van der Waals surface area contributed by atoms with Crippen molar-refractivity contribution in [2.45, 2.75) is 272 Å². The predicted octanol–water partition coefficient (Wildman–Crippen LogP) is 13.3. The number of hydrogen-bond donors (Lipinski definition) is 2. The van der Waals surface area contributed by atoms with Gasteiger partial charge < -0.3 is 14.6 Å². The zero-order valence-corrected chi connectivity index (χ0v) is 39.9. The number of unbranched alkanes of at least 4 members (excludes halogenated alkanes) is 30. The van der Waals surface area contributed by atoms with E-state index >= 15 is 0 Å². The molecule has 0 bridgehead atoms. The number of carbonyl (C=O) groups excluding carboxylic acids is 2. The summed E-state index contributed by atoms with van der Waals surface area (Å²) in [5.41, 5.74) is 0. The van der Waals surface area contributed by atoms with Gasteiger partial charge in [0.15, 0.2) is 0 Å². The Kier molecular flexibility index (Phi) is 69.0. The summed E-state index contributed by atoms with van der Waals surface area (Å²) in [5.74, 6) is -0.786. The van der Waals surface area contributed by atoms with Crippen LogP contribution in [0.25, 0.3) is 0 Å². The van der Waals surface area contributed by atoms with Crippen molar-refractivity contribution >= 4 is 80.9 Å². The summed E-state index contributed by atoms with van der Waals surface area (Å²) >= 11 is 0. The van der Waals surface area contributed by atoms with Gasteiger partial charge in [-0.25, -0.2) is 4.18 Å². The normalized spacial score (nSPS) is 10.6. The average molecular weight is 916 g/mol. The molecule has 0 heterocycles. The molecule has 360 valence electrons. The number of rotatable bonds is 43. The van der Waals surface area contributed by atoms with Crippen molar-refractivity contribution in [3.63, 3.8) is 0 Å². The zero-order valence-electron chi connectivity index (χ0n) is 39.1. The van der Waals surface area contributed by atoms with E-state index in [1.807, 2.05) is 0 Å². The Bertz CT molecular complexity index is 960. The maximum absolute atomic E-state index is 11.4. The van der Waals surface area contributed by atoms with Gasteiger partial charge >= 0.3 is 80.9 Å². The van der Waals surface area contributed by atoms with Gasteiger partial charge in [0.05, 0.1) is 19.8 Å². The monoisotopic (exact) mass is 915 g/mol. The average Bonchev–Trinajstić information content (AvgIpc) is 3.19. The van der Waals surface area contributed by atoms with Crippen LogP contribution in [0.15, 0.2) is 0 Å². The summed E-state index contributed by atoms with van der Waals surface area (Å²) in [5, 5.41) is 8.52. The van der Waals surface area contributed by atoms with E-state index in [-0.39, 0.29) is 71.2 Å². The van der Waals surface area contributed by atoms with Gasteiger partial charge in [-0.1, -0.05) is 214 Å². The zero-order chi connectivity index (χ0) is 44.3. The van der Waals surface area contributed by atoms with Gasteiger partial charge in [-0.15, -0.1) is 0 Å². The molecule has 0 saturated carbocycles. The second-order valence-electron chi connectivity index (χ2n) is 16.3. The second kappa shape index (κ2) is 60.0. The molecule has 13 heteroatoms. The van der Waals surface area contributed by atoms with Crippen molar-refractivity contribution in [3.8, 4) is 0 Å². The number of carbonyl (C=O) groups is 3. The molecule has 0 aliphatic rings. The molecule has 0 amide bonds. The number of ether oxygens (including phenoxy) is 2. The van der Waals surface area contributed by atoms with E-state index in [1.54, 1.807) is 0 Å². The fourth-order valence-corrected chi connectivity index (χ4v) is 6.78. The molecule has 0 atom stereocenters. The Morgan fingerprint density at radius 2 is 0.623 bits per heavy atom. The molecule has 0 radical (unpaired) electrons. The van der Waals surface area contributed by atoms with Crippen LogP contribution in [0, 0.1) is 0 Å². The van der Waals surface area contributed by atoms with Crippen molar-refractivity contribution in [2.75, 3.05) is 19.8 Å². The Hall–Kier alpha value is 0.0462. The predicted molar refractivity (Wildman–Crippen MR) is 261 cm³/mol. The molecule has 0 unspecified atom stereocenters. The Balaban J connectivity index is -0.000000255. The van der Waals surface area contributed by atoms with Crippen molar-refractivity contribution in [1.29, 1.82) is 0 Å². The van der Waals surface area contributed by atoms with E-state index in [1.165, 1.54) is 128 Å². The van der Waals surface area contributed by atoms with Gasteiger partial charge in [0.1, 0.15) is 0 Å². The minimum atomic E-state index is -4.23. The molecule has 0 aromatic carbocycles. The Morgan fingerprint density at radius 3 is 0.885 bits per heavy atom. The first-order valence-electron chi connectivity index (χ1n) is 24.7. The van der Waals surface area contributed by atoms with E-state index in [0.717, 1.165) is 89.9 Å². The van der Waals surface area contributed by atoms with Crippen LogP contribution < -0.4 is 0 Å². The Labute approximate surface area is 415 Å². The molecule has 0 aromatic heterocycles. The third kappa shape index (κ3) is 74.7. The van der Waals surface area contributed by atoms with Crippen molar-refractivity contribution in [1.82, 2.24) is 0 Å². The van der Waals surface area contributed by atoms with Gasteiger partial charge in [0.25, 0.3) is 0 Å². The second-order valence-corrected chi connectivity index (χ2v) is 17.4. The number of hydrogen-bond acceptors (Lipinski definition) is 8. The van der Waals surface area contributed by atoms with E-state index in [9.17, 15) is 22.8 Å². The molecule has 0 saturated heterocycles. The van der Waals surface area contributed by atoms with Gasteiger partial charge in [-0.2, -0.15) is 8.42 Å². The van der Waals surface area contributed by atoms with Gasteiger partial charge in [-0.05, 0) is 38.5 Å². The van der Waals surface area contributed by atoms with Crippen LogP contribution in [0.1, 0.15) is 272 Å². The first-order chi connectivity index (χ1) is 28.5. The van der Waals surface area contributed by atoms with E-state index in [2.05, 4.69) is 31.9 Å². The summed E-state index contributed by atoms with van der Waals surface area (Å²) in [7, 11) is -4.23. The first kappa shape index (κ1) is 70.1. The fraction of sp³-hybridized carbons (Fsp3) is 0.938. The van der Waals surface area contributed by atoms with Crippen molar-refractivity contribution in [2.24, 2.45) is 0 Å². The summed E-state index contributed by atoms with van der Waals surface area (Å²) in [6.45, 7) is 9.86. The summed E-state index contributed by atoms with van der Waals surface area (Å²) in [4.78, 5) is 33.1. The quantitative estimate of drug-likeness (QED) is 0.0261. The molecular weight excluding hydrogens is 816 g/mol. The molecule has 0 aliphatic carbocycles. The van der Waals surface area contributed by atoms with Crippen LogP contribution in [0.2, 0.25) is 0 Å². The number of carboxylic acids is 1. The molecule has 2 N–H and O–H groups in total. The standard InChI is InChI=1S/C18H34O4.C18H36O2.C12H26O4S.Mg.Na.3H/c1-3-5-15-21-17(19)13-11-9-7-8-10-12-14-18(20)22-16-6-4-2;1-2-3-4-5-6-7-8-9-10-11-12-13-14-15-16-17-18(19)20;1-2-3-4-5-6-7-8-9-10-11-12-16-17(13,14)15;;;;;/h3-16H2,1-2H3;2-17H2,1H3,(H,19,20);2-12H2,1H3,(H,13,14,15);;;;;. The number of esters is 2. The topological polar surface area (TPSA) is 154 Å². The maximum atomic E-state index is 11.4. The number of aliphatic carboxylic acids is 1. The van der Waals surface area contributed by atoms with Gasteiger partial charge in [0, 0.05) is 19.3 Å². The fourth-order valence-electron chi connectivity index (χ4n) is 6.45. The molecule has 0 rings (SSSR count). The van der Waals surface area contributed by atoms with E-state index in [0.29, 0.717) is 38.9 Å². The van der Waals surface area contributed by atoms with E-state index in [4.69, 9.17) is 19.1 Å². The van der Waals surface area contributed by atoms with Crippen LogP contribution >= 0.6 is 0 Å². The minimum absolute atomic E-state index is 0. The molecule has 10 nitrogen and oxygen atoms in total. The van der Waals surface area contributed by atoms with Gasteiger partial charge in [-0.3, -0.25) is 18.9 Å². The third-order valence-electron chi connectivity index (χ3n) is 10.3. The third-order valence-corrected chi connectivity index (χ3v) is 10.7. The molecule has 61 heavy (non-hydrogen) atoms. The Morgan fingerprint density at radius 1 is 0.377 bits per heavy atom. The van der Waals surface area contributed by atoms with Gasteiger partial charge in [0.2, 0.25) is 0 Å². The van der Waals surface area contributed by atoms with Crippen LogP contribution in [-0.4, -0.2) is 108 Å². The van der Waals surface area contributed by atoms with Crippen LogP contribution in [-0.2, 0) is 38.4 Å². The molecule has 0 spiro atoms. The molecule has 0 aromatic rings. The summed E-state index contributed by atoms with van der Waals surface area (Å²) < 4.78 is 43.2. The van der Waals surface area contributed by atoms with Crippen molar-refractivity contribution in [3.05, 3.63) is 0 Å². The first-order valence-corrected chi connectivity index (χ1v) is 26.0. The molecule has 0 fully saturated rings. The molecular formula is C48H99MgNaO10S. The van der Waals surface area contributed by atoms with Crippen molar-refractivity contribution < 1.29 is 46.1 Å². The van der Waals surface area contributed by atoms with Crippen LogP contribution in [0.4, 0.5) is 0 Å². The summed E-state index contributed by atoms with van der Waals surface area (Å²) in [6.07, 6.45) is 43.3. The SMILES string of the molecule is CCCCCCCCCCCCCCCCCC(=O)O.CCCCCCCCCCCCOS(=O)(=O)O.CCCCOC(=O)CCCCCCCCC(=O)OCCCC.[MgH2].[NaH]. The van der Waals surface area contributed by atoms with E-state index < -0.39 is 16.4 Å². The molecule has 0 aliphatic heterocycles. The number of carboxylic acid groups (broad SMARTS) is 1. The summed E-state index contributed by atoms with van der Waals surface area (Å²) in [6, 6.07) is 0. The van der Waals surface area contributed by atoms with Crippen LogP contribution in [0.5, 0.6) is 0 Å².